The van der Waals surface area contributed by atoms with Crippen LogP contribution in [0.1, 0.15) is 24.1 Å². The molecule has 0 aliphatic rings. The first-order valence-corrected chi connectivity index (χ1v) is 7.42. The molecule has 5 heteroatoms. The molecule has 1 nitrogen and oxygen atoms in total. The molecule has 1 unspecified atom stereocenters. The molecule has 0 fully saturated rings. The van der Waals surface area contributed by atoms with Gasteiger partial charge in [0.1, 0.15) is 5.82 Å². The van der Waals surface area contributed by atoms with E-state index >= 15 is 0 Å². The summed E-state index contributed by atoms with van der Waals surface area (Å²) < 4.78 is 40.6. The molecule has 0 amide bonds. The summed E-state index contributed by atoms with van der Waals surface area (Å²) in [4.78, 5) is 0. The predicted octanol–water partition coefficient (Wildman–Crippen LogP) is 4.76. The maximum atomic E-state index is 13.4. The Morgan fingerprint density at radius 1 is 1.05 bits per heavy atom. The lowest BCUT2D eigenvalue weighted by atomic mass is 9.98. The Morgan fingerprint density at radius 3 is 2.48 bits per heavy atom. The van der Waals surface area contributed by atoms with Crippen molar-refractivity contribution in [2.24, 2.45) is 0 Å². The summed E-state index contributed by atoms with van der Waals surface area (Å²) in [6.45, 7) is 2.59. The van der Waals surface area contributed by atoms with Gasteiger partial charge >= 0.3 is 0 Å². The second-order valence-corrected chi connectivity index (χ2v) is 5.58. The van der Waals surface area contributed by atoms with Gasteiger partial charge in [0.05, 0.1) is 0 Å². The maximum absolute atomic E-state index is 13.4. The van der Waals surface area contributed by atoms with E-state index in [9.17, 15) is 13.2 Å². The lowest BCUT2D eigenvalue weighted by molar-refractivity contribution is 0.496. The van der Waals surface area contributed by atoms with Crippen LogP contribution in [-0.4, -0.2) is 6.54 Å². The highest BCUT2D eigenvalue weighted by Gasteiger charge is 2.15. The maximum Gasteiger partial charge on any atom is 0.159 e. The standard InChI is InChI=1S/C16H15BrF3N/c1-2-21-16(10-3-6-14(19)15(20)8-10)9-11-7-12(18)4-5-13(11)17/h3-8,16,21H,2,9H2,1H3. The Bertz CT molecular complexity index is 631. The summed E-state index contributed by atoms with van der Waals surface area (Å²) in [5, 5.41) is 3.21. The minimum Gasteiger partial charge on any atom is -0.310 e. The first kappa shape index (κ1) is 16.0. The zero-order chi connectivity index (χ0) is 15.4. The van der Waals surface area contributed by atoms with Gasteiger partial charge in [-0.25, -0.2) is 13.2 Å². The van der Waals surface area contributed by atoms with Crippen molar-refractivity contribution in [3.8, 4) is 0 Å². The average molecular weight is 358 g/mol. The Morgan fingerprint density at radius 2 is 1.81 bits per heavy atom. The van der Waals surface area contributed by atoms with E-state index in [0.29, 0.717) is 18.5 Å². The quantitative estimate of drug-likeness (QED) is 0.813. The molecule has 0 saturated heterocycles. The van der Waals surface area contributed by atoms with Crippen LogP contribution >= 0.6 is 15.9 Å². The average Bonchev–Trinajstić information content (AvgIpc) is 2.45. The number of nitrogens with one attached hydrogen (secondary N) is 1. The summed E-state index contributed by atoms with van der Waals surface area (Å²) in [5.41, 5.74) is 1.40. The highest BCUT2D eigenvalue weighted by molar-refractivity contribution is 9.10. The van der Waals surface area contributed by atoms with Gasteiger partial charge in [0, 0.05) is 10.5 Å². The predicted molar refractivity (Wildman–Crippen MR) is 80.6 cm³/mol. The van der Waals surface area contributed by atoms with Crippen molar-refractivity contribution < 1.29 is 13.2 Å². The van der Waals surface area contributed by atoms with Crippen molar-refractivity contribution in [2.45, 2.75) is 19.4 Å². The van der Waals surface area contributed by atoms with Gasteiger partial charge in [0.15, 0.2) is 11.6 Å². The van der Waals surface area contributed by atoms with Crippen molar-refractivity contribution in [3.05, 3.63) is 69.4 Å². The molecule has 0 aliphatic carbocycles. The molecule has 0 radical (unpaired) electrons. The van der Waals surface area contributed by atoms with Crippen molar-refractivity contribution in [2.75, 3.05) is 6.54 Å². The monoisotopic (exact) mass is 357 g/mol. The molecular weight excluding hydrogens is 343 g/mol. The first-order chi connectivity index (χ1) is 10.0. The molecule has 21 heavy (non-hydrogen) atoms. The van der Waals surface area contributed by atoms with Crippen molar-refractivity contribution in [3.63, 3.8) is 0 Å². The van der Waals surface area contributed by atoms with Crippen LogP contribution in [0.4, 0.5) is 13.2 Å². The normalized spacial score (nSPS) is 12.4. The molecule has 0 aromatic heterocycles. The van der Waals surface area contributed by atoms with Gasteiger partial charge in [0.25, 0.3) is 0 Å². The molecule has 0 aliphatic heterocycles. The highest BCUT2D eigenvalue weighted by Crippen LogP contribution is 2.25. The number of benzene rings is 2. The van der Waals surface area contributed by atoms with Gasteiger partial charge in [-0.3, -0.25) is 0 Å². The van der Waals surface area contributed by atoms with Gasteiger partial charge in [-0.2, -0.15) is 0 Å². The van der Waals surface area contributed by atoms with Gasteiger partial charge in [-0.05, 0) is 54.4 Å². The van der Waals surface area contributed by atoms with Gasteiger partial charge in [0.2, 0.25) is 0 Å². The summed E-state index contributed by atoms with van der Waals surface area (Å²) in [7, 11) is 0. The topological polar surface area (TPSA) is 12.0 Å². The molecule has 0 spiro atoms. The van der Waals surface area contributed by atoms with E-state index in [1.807, 2.05) is 6.92 Å². The van der Waals surface area contributed by atoms with Gasteiger partial charge < -0.3 is 5.32 Å². The third kappa shape index (κ3) is 4.08. The second-order valence-electron chi connectivity index (χ2n) is 4.72. The van der Waals surface area contributed by atoms with Gasteiger partial charge in [-0.15, -0.1) is 0 Å². The minimum atomic E-state index is -0.881. The van der Waals surface area contributed by atoms with Crippen molar-refractivity contribution >= 4 is 15.9 Å². The Kier molecular flexibility index (Phi) is 5.42. The number of hydrogen-bond donors (Lipinski definition) is 1. The third-order valence-electron chi connectivity index (χ3n) is 3.23. The molecular formula is C16H15BrF3N. The molecule has 1 N–H and O–H groups in total. The van der Waals surface area contributed by atoms with E-state index in [1.165, 1.54) is 18.2 Å². The number of halogens is 4. The Balaban J connectivity index is 2.30. The van der Waals surface area contributed by atoms with Crippen LogP contribution in [0.25, 0.3) is 0 Å². The smallest absolute Gasteiger partial charge is 0.159 e. The molecule has 0 bridgehead atoms. The van der Waals surface area contributed by atoms with E-state index in [2.05, 4.69) is 21.2 Å². The van der Waals surface area contributed by atoms with E-state index < -0.39 is 11.6 Å². The third-order valence-corrected chi connectivity index (χ3v) is 4.00. The summed E-state index contributed by atoms with van der Waals surface area (Å²) >= 11 is 3.38. The fraction of sp³-hybridized carbons (Fsp3) is 0.250. The fourth-order valence-corrected chi connectivity index (χ4v) is 2.61. The van der Waals surface area contributed by atoms with Crippen LogP contribution < -0.4 is 5.32 Å². The second kappa shape index (κ2) is 7.09. The molecule has 2 aromatic carbocycles. The highest BCUT2D eigenvalue weighted by atomic mass is 79.9. The molecule has 112 valence electrons. The molecule has 1 atom stereocenters. The van der Waals surface area contributed by atoms with E-state index in [-0.39, 0.29) is 11.9 Å². The minimum absolute atomic E-state index is 0.219. The molecule has 0 saturated carbocycles. The Hall–Kier alpha value is -1.33. The zero-order valence-corrected chi connectivity index (χ0v) is 13.1. The van der Waals surface area contributed by atoms with Crippen LogP contribution in [0.3, 0.4) is 0 Å². The lowest BCUT2D eigenvalue weighted by Gasteiger charge is -2.19. The first-order valence-electron chi connectivity index (χ1n) is 6.63. The molecule has 2 rings (SSSR count). The van der Waals surface area contributed by atoms with Crippen LogP contribution in [0.2, 0.25) is 0 Å². The van der Waals surface area contributed by atoms with Crippen molar-refractivity contribution in [1.82, 2.24) is 5.32 Å². The number of likely N-dealkylation sites (N-methyl/N-ethyl adjacent to an activating group) is 1. The molecule has 0 heterocycles. The van der Waals surface area contributed by atoms with E-state index in [4.69, 9.17) is 0 Å². The summed E-state index contributed by atoms with van der Waals surface area (Å²) in [6, 6.07) is 8.05. The lowest BCUT2D eigenvalue weighted by Crippen LogP contribution is -2.23. The SMILES string of the molecule is CCNC(Cc1cc(F)ccc1Br)c1ccc(F)c(F)c1. The summed E-state index contributed by atoms with van der Waals surface area (Å²) in [5.74, 6) is -2.08. The van der Waals surface area contributed by atoms with Crippen LogP contribution in [0, 0.1) is 17.5 Å². The summed E-state index contributed by atoms with van der Waals surface area (Å²) in [6.07, 6.45) is 0.469. The van der Waals surface area contributed by atoms with Gasteiger partial charge in [-0.1, -0.05) is 28.9 Å². The van der Waals surface area contributed by atoms with Crippen LogP contribution in [-0.2, 0) is 6.42 Å². The van der Waals surface area contributed by atoms with E-state index in [1.54, 1.807) is 12.1 Å². The largest absolute Gasteiger partial charge is 0.310 e. The fourth-order valence-electron chi connectivity index (χ4n) is 2.20. The van der Waals surface area contributed by atoms with Crippen molar-refractivity contribution in [1.29, 1.82) is 0 Å². The number of rotatable bonds is 5. The van der Waals surface area contributed by atoms with Crippen LogP contribution in [0.15, 0.2) is 40.9 Å². The Labute approximate surface area is 130 Å². The molecule has 2 aromatic rings. The van der Waals surface area contributed by atoms with E-state index in [0.717, 1.165) is 16.1 Å². The zero-order valence-electron chi connectivity index (χ0n) is 11.5. The van der Waals surface area contributed by atoms with Crippen LogP contribution in [0.5, 0.6) is 0 Å². The number of hydrogen-bond acceptors (Lipinski definition) is 1.